The number of nitrogens with zero attached hydrogens (tertiary/aromatic N) is 6. The average Bonchev–Trinajstić information content (AvgIpc) is 2.86. The highest BCUT2D eigenvalue weighted by atomic mass is 32.2. The molecule has 0 atom stereocenters. The molecular formula is C12H11N7S. The molecule has 0 saturated heterocycles. The minimum absolute atomic E-state index is 0.563. The summed E-state index contributed by atoms with van der Waals surface area (Å²) in [6.07, 6.45) is 3.54. The van der Waals surface area contributed by atoms with Crippen molar-refractivity contribution < 1.29 is 0 Å². The van der Waals surface area contributed by atoms with E-state index in [1.807, 2.05) is 35.5 Å². The highest BCUT2D eigenvalue weighted by Gasteiger charge is 2.34. The molecule has 3 heterocycles. The molecule has 1 aromatic rings. The third kappa shape index (κ3) is 1.54. The Morgan fingerprint density at radius 2 is 2.15 bits per heavy atom. The van der Waals surface area contributed by atoms with E-state index in [1.165, 1.54) is 11.9 Å². The zero-order valence-corrected chi connectivity index (χ0v) is 11.5. The average molecular weight is 285 g/mol. The maximum atomic E-state index is 4.35. The van der Waals surface area contributed by atoms with Crippen LogP contribution in [0.2, 0.25) is 0 Å². The Balaban J connectivity index is 1.96. The van der Waals surface area contributed by atoms with Crippen molar-refractivity contribution in [2.75, 3.05) is 23.1 Å². The topological polar surface area (TPSA) is 68.0 Å². The van der Waals surface area contributed by atoms with Gasteiger partial charge in [0, 0.05) is 6.26 Å². The first-order valence-corrected chi connectivity index (χ1v) is 7.28. The van der Waals surface area contributed by atoms with Crippen molar-refractivity contribution in [3.63, 3.8) is 0 Å². The van der Waals surface area contributed by atoms with Crippen LogP contribution in [0.5, 0.6) is 0 Å². The van der Waals surface area contributed by atoms with Gasteiger partial charge in [-0.15, -0.1) is 0 Å². The summed E-state index contributed by atoms with van der Waals surface area (Å²) >= 11 is 1.50. The SMILES string of the molecule is CSN1N=NN2C1=C1CN=CN=C1Nc1ccccc12. The van der Waals surface area contributed by atoms with Gasteiger partial charge in [0.1, 0.15) is 12.2 Å². The molecule has 8 heteroatoms. The smallest absolute Gasteiger partial charge is 0.175 e. The van der Waals surface area contributed by atoms with Crippen LogP contribution in [0.4, 0.5) is 11.4 Å². The summed E-state index contributed by atoms with van der Waals surface area (Å²) in [5.74, 6) is 1.70. The lowest BCUT2D eigenvalue weighted by Gasteiger charge is -2.19. The molecule has 7 nitrogen and oxygen atoms in total. The number of anilines is 2. The lowest BCUT2D eigenvalue weighted by molar-refractivity contribution is 0.630. The number of amidine groups is 1. The molecular weight excluding hydrogens is 274 g/mol. The van der Waals surface area contributed by atoms with Crippen LogP contribution < -0.4 is 10.3 Å². The van der Waals surface area contributed by atoms with E-state index < -0.39 is 0 Å². The van der Waals surface area contributed by atoms with Crippen LogP contribution >= 0.6 is 11.9 Å². The second-order valence-corrected chi connectivity index (χ2v) is 5.04. The molecule has 20 heavy (non-hydrogen) atoms. The van der Waals surface area contributed by atoms with E-state index in [0.29, 0.717) is 6.54 Å². The summed E-state index contributed by atoms with van der Waals surface area (Å²) in [5.41, 5.74) is 2.89. The zero-order valence-electron chi connectivity index (χ0n) is 10.7. The molecule has 0 unspecified atom stereocenters. The third-order valence-electron chi connectivity index (χ3n) is 3.22. The summed E-state index contributed by atoms with van der Waals surface area (Å²) in [5, 5.41) is 13.6. The molecule has 3 aliphatic rings. The number of rotatable bonds is 1. The molecule has 0 aromatic heterocycles. The maximum absolute atomic E-state index is 4.35. The quantitative estimate of drug-likeness (QED) is 0.805. The van der Waals surface area contributed by atoms with Gasteiger partial charge in [0.05, 0.1) is 23.5 Å². The number of fused-ring (bicyclic) bond motifs is 4. The van der Waals surface area contributed by atoms with E-state index in [0.717, 1.165) is 28.6 Å². The predicted molar refractivity (Wildman–Crippen MR) is 80.6 cm³/mol. The first-order chi connectivity index (χ1) is 9.88. The van der Waals surface area contributed by atoms with Gasteiger partial charge in [-0.25, -0.2) is 4.99 Å². The van der Waals surface area contributed by atoms with Gasteiger partial charge in [0.25, 0.3) is 0 Å². The van der Waals surface area contributed by atoms with Crippen LogP contribution in [-0.4, -0.2) is 29.4 Å². The summed E-state index contributed by atoms with van der Waals surface area (Å²) in [7, 11) is 0. The van der Waals surface area contributed by atoms with E-state index in [4.69, 9.17) is 0 Å². The minimum Gasteiger partial charge on any atom is -0.338 e. The van der Waals surface area contributed by atoms with Crippen molar-refractivity contribution in [3.8, 4) is 0 Å². The number of benzene rings is 1. The molecule has 0 aliphatic carbocycles. The molecule has 0 amide bonds. The van der Waals surface area contributed by atoms with Gasteiger partial charge in [-0.1, -0.05) is 12.1 Å². The summed E-state index contributed by atoms with van der Waals surface area (Å²) < 4.78 is 1.79. The lowest BCUT2D eigenvalue weighted by Crippen LogP contribution is -2.25. The van der Waals surface area contributed by atoms with Crippen molar-refractivity contribution >= 4 is 35.5 Å². The molecule has 1 aromatic carbocycles. The minimum atomic E-state index is 0.563. The fraction of sp³-hybridized carbons (Fsp3) is 0.167. The maximum Gasteiger partial charge on any atom is 0.175 e. The number of hydrogen-bond acceptors (Lipinski definition) is 8. The van der Waals surface area contributed by atoms with Crippen molar-refractivity contribution in [3.05, 3.63) is 35.7 Å². The second-order valence-electron chi connectivity index (χ2n) is 4.32. The highest BCUT2D eigenvalue weighted by molar-refractivity contribution is 7.96. The van der Waals surface area contributed by atoms with Gasteiger partial charge in [-0.05, 0) is 34.5 Å². The van der Waals surface area contributed by atoms with E-state index >= 15 is 0 Å². The van der Waals surface area contributed by atoms with Crippen LogP contribution in [0.25, 0.3) is 0 Å². The predicted octanol–water partition coefficient (Wildman–Crippen LogP) is 2.45. The van der Waals surface area contributed by atoms with Crippen LogP contribution in [0.3, 0.4) is 0 Å². The second kappa shape index (κ2) is 4.34. The van der Waals surface area contributed by atoms with Gasteiger partial charge < -0.3 is 5.32 Å². The molecule has 1 N–H and O–H groups in total. The van der Waals surface area contributed by atoms with Gasteiger partial charge in [0.2, 0.25) is 0 Å². The van der Waals surface area contributed by atoms with Gasteiger partial charge >= 0.3 is 0 Å². The number of nitrogens with one attached hydrogen (secondary N) is 1. The van der Waals surface area contributed by atoms with E-state index in [-0.39, 0.29) is 0 Å². The largest absolute Gasteiger partial charge is 0.338 e. The summed E-state index contributed by atoms with van der Waals surface area (Å²) in [4.78, 5) is 8.59. The molecule has 0 spiro atoms. The van der Waals surface area contributed by atoms with Crippen LogP contribution in [0, 0.1) is 0 Å². The summed E-state index contributed by atoms with van der Waals surface area (Å²) in [6.45, 7) is 0.563. The molecule has 0 bridgehead atoms. The van der Waals surface area contributed by atoms with Crippen molar-refractivity contribution in [2.24, 2.45) is 20.4 Å². The molecule has 0 fully saturated rings. The Hall–Kier alpha value is -2.35. The van der Waals surface area contributed by atoms with Crippen LogP contribution in [-0.2, 0) is 0 Å². The van der Waals surface area contributed by atoms with Gasteiger partial charge in [-0.2, -0.15) is 9.42 Å². The third-order valence-corrected chi connectivity index (χ3v) is 3.82. The Labute approximate surface area is 119 Å². The Bertz CT molecular complexity index is 691. The van der Waals surface area contributed by atoms with Crippen molar-refractivity contribution in [1.29, 1.82) is 0 Å². The highest BCUT2D eigenvalue weighted by Crippen LogP contribution is 2.40. The zero-order chi connectivity index (χ0) is 13.5. The first kappa shape index (κ1) is 11.5. The van der Waals surface area contributed by atoms with Crippen LogP contribution in [0.1, 0.15) is 0 Å². The van der Waals surface area contributed by atoms with Crippen molar-refractivity contribution in [1.82, 2.24) is 4.41 Å². The Morgan fingerprint density at radius 3 is 3.05 bits per heavy atom. The summed E-state index contributed by atoms with van der Waals surface area (Å²) in [6, 6.07) is 7.97. The first-order valence-electron chi connectivity index (χ1n) is 6.10. The lowest BCUT2D eigenvalue weighted by atomic mass is 10.2. The number of hydrogen-bond donors (Lipinski definition) is 1. The monoisotopic (exact) mass is 285 g/mol. The standard InChI is InChI=1S/C12H11N7S/c1-20-19-12-8-6-13-7-14-11(8)15-9-4-2-3-5-10(9)18(12)16-17-19/h2-5,7H,6H2,1H3,(H,13,14,15). The normalized spacial score (nSPS) is 19.1. The van der Waals surface area contributed by atoms with Gasteiger partial charge in [0.15, 0.2) is 5.82 Å². The molecule has 100 valence electrons. The Kier molecular flexibility index (Phi) is 2.49. The van der Waals surface area contributed by atoms with Gasteiger partial charge in [-0.3, -0.25) is 4.99 Å². The molecule has 0 saturated carbocycles. The number of aliphatic imine (C=N–C) groups is 2. The Morgan fingerprint density at radius 1 is 1.25 bits per heavy atom. The molecule has 4 rings (SSSR count). The fourth-order valence-electron chi connectivity index (χ4n) is 2.33. The number of para-hydroxylation sites is 2. The van der Waals surface area contributed by atoms with E-state index in [9.17, 15) is 0 Å². The van der Waals surface area contributed by atoms with E-state index in [1.54, 1.807) is 10.8 Å². The van der Waals surface area contributed by atoms with Crippen molar-refractivity contribution in [2.45, 2.75) is 0 Å². The van der Waals surface area contributed by atoms with Crippen LogP contribution in [0.15, 0.2) is 56.1 Å². The molecule has 3 aliphatic heterocycles. The van der Waals surface area contributed by atoms with E-state index in [2.05, 4.69) is 25.7 Å². The molecule has 0 radical (unpaired) electrons. The fourth-order valence-corrected chi connectivity index (χ4v) is 2.80.